The van der Waals surface area contributed by atoms with Crippen molar-refractivity contribution in [2.24, 2.45) is 0 Å². The number of rotatable bonds is 17. The second-order valence-corrected chi connectivity index (χ2v) is 25.6. The van der Waals surface area contributed by atoms with E-state index in [1.54, 1.807) is 54.1 Å². The molecule has 0 atom stereocenters. The van der Waals surface area contributed by atoms with Crippen LogP contribution in [0.4, 0.5) is 107 Å². The highest BCUT2D eigenvalue weighted by Gasteiger charge is 2.36. The first kappa shape index (κ1) is 66.0. The number of carbonyl (C=O) groups is 1. The molecule has 0 aliphatic carbocycles. The molecule has 0 unspecified atom stereocenters. The first-order valence-corrected chi connectivity index (χ1v) is 33.7. The second kappa shape index (κ2) is 27.9. The number of benzene rings is 6. The van der Waals surface area contributed by atoms with Crippen molar-refractivity contribution in [2.75, 3.05) is 48.7 Å². The van der Waals surface area contributed by atoms with E-state index in [4.69, 9.17) is 9.97 Å². The number of fused-ring (bicyclic) bond motifs is 6. The van der Waals surface area contributed by atoms with Crippen molar-refractivity contribution in [1.82, 2.24) is 70.3 Å². The Hall–Kier alpha value is -12.3. The third kappa shape index (κ3) is 14.9. The third-order valence-electron chi connectivity index (χ3n) is 15.6. The molecule has 0 bridgehead atoms. The lowest BCUT2D eigenvalue weighted by molar-refractivity contribution is -0.143. The standard InChI is InChI=1S/C24H25N7S.C23H15F3N8S.C22H16F3N7OS/c1-4-31(15(2)3)19-8-5-17(6-9-19)27-24-28-21-11-12-32-22(21)23(29-24)26-18-7-10-20-16(13-18)14-25-30-20;24-23(25,26)19-7-9-28-34(19)16-4-1-14(2-5-16)30-22-31-18-8-10-35-20(18)21(32-22)29-15-3-6-17-13(11-15)12-27-33-17;1-11(33)27-17-5-3-14(9-15(17)22(23,24)25)29-21-30-18-6-7-34-19(18)20(31-21)28-13-2-4-16-12(8-13)10-26-32-16/h5-15H,4H2,1-3H3,(H,25,30)(H2,26,27,28,29);1-12H,(H,27,33)(H2,29,30,31,32);2-10H,1H3,(H,26,32)(H,27,33)(H2,28,29,30,31). The zero-order valence-electron chi connectivity index (χ0n) is 53.4. The SMILES string of the molecule is CC(=O)Nc1ccc(Nc2nc(Nc3ccc4[nH]ncc4c3)c3sccc3n2)cc1C(F)(F)F.CCN(c1ccc(Nc2nc(Nc3ccc4[nH]ncc4c3)c3sccc3n2)cc1)C(C)C.FC(F)(F)c1ccnn1-c1ccc(Nc2nc(Nc3ccc4[nH]ncc4c3)c3sccc3n2)cc1. The smallest absolute Gasteiger partial charge is 0.369 e. The van der Waals surface area contributed by atoms with Gasteiger partial charge in [0.1, 0.15) is 5.69 Å². The summed E-state index contributed by atoms with van der Waals surface area (Å²) < 4.78 is 83.8. The Bertz CT molecular complexity index is 5620. The minimum Gasteiger partial charge on any atom is -0.369 e. The van der Waals surface area contributed by atoms with Crippen LogP contribution in [0.3, 0.4) is 0 Å². The highest BCUT2D eigenvalue weighted by atomic mass is 32.1. The number of hydrogen-bond donors (Lipinski definition) is 10. The molecule has 0 saturated heterocycles. The number of hydrogen-bond acceptors (Lipinski definition) is 21. The zero-order chi connectivity index (χ0) is 69.9. The van der Waals surface area contributed by atoms with Gasteiger partial charge in [-0.1, -0.05) is 0 Å². The van der Waals surface area contributed by atoms with Crippen LogP contribution in [0.15, 0.2) is 187 Å². The summed E-state index contributed by atoms with van der Waals surface area (Å²) in [5, 5.41) is 55.1. The second-order valence-electron chi connectivity index (χ2n) is 22.9. The van der Waals surface area contributed by atoms with E-state index in [-0.39, 0.29) is 17.3 Å². The maximum atomic E-state index is 13.6. The Balaban J connectivity index is 0.000000129. The molecule has 0 aliphatic heterocycles. The molecule has 16 rings (SSSR count). The molecule has 0 fully saturated rings. The van der Waals surface area contributed by atoms with Crippen LogP contribution in [-0.2, 0) is 17.1 Å². The number of amides is 1. The van der Waals surface area contributed by atoms with Crippen molar-refractivity contribution in [2.45, 2.75) is 46.1 Å². The third-order valence-corrected chi connectivity index (χ3v) is 18.4. The topological polar surface area (TPSA) is 286 Å². The Morgan fingerprint density at radius 3 is 1.31 bits per heavy atom. The van der Waals surface area contributed by atoms with Crippen LogP contribution in [-0.4, -0.2) is 88.8 Å². The number of carbonyl (C=O) groups excluding carboxylic acids is 1. The van der Waals surface area contributed by atoms with Crippen LogP contribution < -0.4 is 42.1 Å². The van der Waals surface area contributed by atoms with Gasteiger partial charge in [-0.15, -0.1) is 34.0 Å². The van der Waals surface area contributed by atoms with Crippen molar-refractivity contribution < 1.29 is 31.1 Å². The Morgan fingerprint density at radius 1 is 0.495 bits per heavy atom. The summed E-state index contributed by atoms with van der Waals surface area (Å²) in [6.45, 7) is 8.71. The number of nitrogens with zero attached hydrogens (tertiary/aromatic N) is 12. The van der Waals surface area contributed by atoms with Crippen molar-refractivity contribution in [1.29, 1.82) is 0 Å². The Kier molecular flexibility index (Phi) is 18.2. The van der Waals surface area contributed by atoms with E-state index in [1.165, 1.54) is 40.5 Å². The fourth-order valence-electron chi connectivity index (χ4n) is 11.0. The molecule has 0 radical (unpaired) electrons. The molecule has 508 valence electrons. The number of aromatic amines is 3. The van der Waals surface area contributed by atoms with E-state index >= 15 is 0 Å². The quantitative estimate of drug-likeness (QED) is 0.0379. The highest BCUT2D eigenvalue weighted by molar-refractivity contribution is 7.18. The Labute approximate surface area is 580 Å². The molecule has 101 heavy (non-hydrogen) atoms. The lowest BCUT2D eigenvalue weighted by Gasteiger charge is -2.27. The molecule has 23 nitrogen and oxygen atoms in total. The maximum absolute atomic E-state index is 13.6. The molecule has 1 amide bonds. The van der Waals surface area contributed by atoms with Gasteiger partial charge in [0.15, 0.2) is 17.5 Å². The van der Waals surface area contributed by atoms with Gasteiger partial charge in [-0.25, -0.2) is 19.6 Å². The average Bonchev–Trinajstić information content (AvgIpc) is 1.74. The van der Waals surface area contributed by atoms with Gasteiger partial charge in [-0.3, -0.25) is 20.1 Å². The molecule has 0 spiro atoms. The first-order valence-electron chi connectivity index (χ1n) is 31.1. The summed E-state index contributed by atoms with van der Waals surface area (Å²) in [5.74, 6) is 2.37. The van der Waals surface area contributed by atoms with E-state index in [1.807, 2.05) is 83.0 Å². The minimum absolute atomic E-state index is 0.123. The number of halogens is 6. The predicted molar refractivity (Wildman–Crippen MR) is 389 cm³/mol. The summed E-state index contributed by atoms with van der Waals surface area (Å²) in [7, 11) is 0. The van der Waals surface area contributed by atoms with Crippen LogP contribution in [0.5, 0.6) is 0 Å². The first-order chi connectivity index (χ1) is 48.8. The van der Waals surface area contributed by atoms with E-state index in [2.05, 4.69) is 149 Å². The highest BCUT2D eigenvalue weighted by Crippen LogP contribution is 2.40. The van der Waals surface area contributed by atoms with Crippen LogP contribution in [0.2, 0.25) is 0 Å². The molecule has 16 aromatic rings. The van der Waals surface area contributed by atoms with E-state index in [0.717, 1.165) is 123 Å². The van der Waals surface area contributed by atoms with Gasteiger partial charge < -0.3 is 42.1 Å². The molecule has 10 heterocycles. The van der Waals surface area contributed by atoms with E-state index in [0.29, 0.717) is 46.5 Å². The van der Waals surface area contributed by atoms with Gasteiger partial charge >= 0.3 is 12.4 Å². The summed E-state index contributed by atoms with van der Waals surface area (Å²) in [4.78, 5) is 41.2. The number of anilines is 14. The van der Waals surface area contributed by atoms with Gasteiger partial charge in [-0.2, -0.15) is 61.7 Å². The van der Waals surface area contributed by atoms with Crippen LogP contribution in [0.25, 0.3) is 69.0 Å². The summed E-state index contributed by atoms with van der Waals surface area (Å²) in [5.41, 5.74) is 8.78. The van der Waals surface area contributed by atoms with Gasteiger partial charge in [0.2, 0.25) is 23.8 Å². The number of nitrogens with one attached hydrogen (secondary N) is 10. The molecular formula is C69H56F6N22OS3. The monoisotopic (exact) mass is 1420 g/mol. The van der Waals surface area contributed by atoms with Gasteiger partial charge in [0.25, 0.3) is 0 Å². The van der Waals surface area contributed by atoms with Gasteiger partial charge in [0, 0.05) is 75.5 Å². The van der Waals surface area contributed by atoms with Crippen LogP contribution in [0, 0.1) is 0 Å². The summed E-state index contributed by atoms with van der Waals surface area (Å²) in [6.07, 6.45) is -2.76. The van der Waals surface area contributed by atoms with E-state index < -0.39 is 29.5 Å². The summed E-state index contributed by atoms with van der Waals surface area (Å²) in [6, 6.07) is 43.0. The van der Waals surface area contributed by atoms with E-state index in [9.17, 15) is 31.1 Å². The lowest BCUT2D eigenvalue weighted by atomic mass is 10.1. The number of thiophene rings is 3. The normalized spacial score (nSPS) is 11.6. The van der Waals surface area contributed by atoms with Crippen LogP contribution >= 0.6 is 34.0 Å². The minimum atomic E-state index is -4.66. The number of alkyl halides is 6. The summed E-state index contributed by atoms with van der Waals surface area (Å²) >= 11 is 4.59. The fraction of sp³-hybridized carbons (Fsp3) is 0.116. The molecule has 32 heteroatoms. The lowest BCUT2D eigenvalue weighted by Crippen LogP contribution is -2.30. The number of H-pyrrole nitrogens is 3. The van der Waals surface area contributed by atoms with Crippen molar-refractivity contribution in [3.63, 3.8) is 0 Å². The molecule has 10 aromatic heterocycles. The van der Waals surface area contributed by atoms with Crippen molar-refractivity contribution in [3.8, 4) is 5.69 Å². The fourth-order valence-corrected chi connectivity index (χ4v) is 13.3. The molecule has 0 saturated carbocycles. The average molecular weight is 1420 g/mol. The van der Waals surface area contributed by atoms with Crippen LogP contribution in [0.1, 0.15) is 39.0 Å². The predicted octanol–water partition coefficient (Wildman–Crippen LogP) is 18.6. The van der Waals surface area contributed by atoms with Gasteiger partial charge in [0.05, 0.1) is 88.9 Å². The Morgan fingerprint density at radius 2 is 0.901 bits per heavy atom. The van der Waals surface area contributed by atoms with Crippen molar-refractivity contribution in [3.05, 3.63) is 198 Å². The molecule has 6 aromatic carbocycles. The zero-order valence-corrected chi connectivity index (χ0v) is 55.9. The molecule has 0 aliphatic rings. The number of aromatic nitrogens is 14. The maximum Gasteiger partial charge on any atom is 0.433 e. The van der Waals surface area contributed by atoms with Gasteiger partial charge in [-0.05, 0) is 183 Å². The van der Waals surface area contributed by atoms with Crippen molar-refractivity contribution >= 4 is 184 Å². The largest absolute Gasteiger partial charge is 0.433 e. The molecule has 10 N–H and O–H groups in total. The molecular weight excluding hydrogens is 1360 g/mol.